The van der Waals surface area contributed by atoms with Crippen molar-refractivity contribution in [3.8, 4) is 5.75 Å². The second kappa shape index (κ2) is 8.77. The minimum atomic E-state index is -0.466. The van der Waals surface area contributed by atoms with Gasteiger partial charge in [-0.2, -0.15) is 0 Å². The van der Waals surface area contributed by atoms with Crippen LogP contribution >= 0.6 is 0 Å². The second-order valence-electron chi connectivity index (χ2n) is 7.10. The van der Waals surface area contributed by atoms with Gasteiger partial charge in [-0.3, -0.25) is 14.4 Å². The highest BCUT2D eigenvalue weighted by molar-refractivity contribution is 6.00. The van der Waals surface area contributed by atoms with Crippen molar-refractivity contribution in [3.05, 3.63) is 53.6 Å². The minimum Gasteiger partial charge on any atom is -0.484 e. The molecule has 3 amide bonds. The van der Waals surface area contributed by atoms with Crippen molar-refractivity contribution < 1.29 is 19.1 Å². The molecule has 0 aliphatic carbocycles. The molecule has 1 atom stereocenters. The molecule has 0 radical (unpaired) electrons. The van der Waals surface area contributed by atoms with Gasteiger partial charge in [-0.25, -0.2) is 0 Å². The zero-order valence-electron chi connectivity index (χ0n) is 16.6. The molecule has 3 rings (SSSR count). The summed E-state index contributed by atoms with van der Waals surface area (Å²) in [5.74, 6) is -0.783. The molecule has 0 bridgehead atoms. The molecule has 0 aromatic heterocycles. The van der Waals surface area contributed by atoms with Gasteiger partial charge in [-0.05, 0) is 48.7 Å². The first-order valence-corrected chi connectivity index (χ1v) is 9.60. The van der Waals surface area contributed by atoms with Gasteiger partial charge >= 0.3 is 0 Å². The first kappa shape index (κ1) is 20.4. The summed E-state index contributed by atoms with van der Waals surface area (Å²) in [6.07, 6.45) is 0.956. The Bertz CT molecular complexity index is 924. The number of amides is 3. The van der Waals surface area contributed by atoms with Gasteiger partial charge < -0.3 is 20.7 Å². The quantitative estimate of drug-likeness (QED) is 0.752. The molecule has 1 aliphatic heterocycles. The van der Waals surface area contributed by atoms with Crippen LogP contribution in [0.4, 0.5) is 11.4 Å². The van der Waals surface area contributed by atoms with E-state index in [2.05, 4.69) is 5.32 Å². The highest BCUT2D eigenvalue weighted by atomic mass is 16.5. The van der Waals surface area contributed by atoms with Crippen LogP contribution in [0.15, 0.2) is 42.5 Å². The van der Waals surface area contributed by atoms with Crippen LogP contribution in [0, 0.1) is 12.8 Å². The van der Waals surface area contributed by atoms with Crippen LogP contribution < -0.4 is 20.7 Å². The van der Waals surface area contributed by atoms with E-state index in [1.54, 1.807) is 24.3 Å². The van der Waals surface area contributed by atoms with Gasteiger partial charge in [-0.15, -0.1) is 0 Å². The summed E-state index contributed by atoms with van der Waals surface area (Å²) in [5, 5.41) is 2.92. The average Bonchev–Trinajstić information content (AvgIpc) is 3.10. The molecule has 1 saturated heterocycles. The van der Waals surface area contributed by atoms with E-state index in [-0.39, 0.29) is 31.4 Å². The van der Waals surface area contributed by atoms with Gasteiger partial charge in [0.2, 0.25) is 11.8 Å². The topological polar surface area (TPSA) is 102 Å². The number of hydrogen-bond acceptors (Lipinski definition) is 4. The smallest absolute Gasteiger partial charge is 0.262 e. The number of nitrogens with two attached hydrogens (primary N) is 1. The summed E-state index contributed by atoms with van der Waals surface area (Å²) in [7, 11) is 0. The number of primary amides is 1. The van der Waals surface area contributed by atoms with Crippen LogP contribution in [0.25, 0.3) is 0 Å². The number of anilines is 2. The number of ether oxygens (including phenoxy) is 1. The largest absolute Gasteiger partial charge is 0.484 e. The summed E-state index contributed by atoms with van der Waals surface area (Å²) in [6, 6.07) is 12.8. The highest BCUT2D eigenvalue weighted by Gasteiger charge is 2.33. The number of aryl methyl sites for hydroxylation is 2. The Morgan fingerprint density at radius 2 is 1.93 bits per heavy atom. The lowest BCUT2D eigenvalue weighted by molar-refractivity contribution is -0.123. The van der Waals surface area contributed by atoms with Crippen molar-refractivity contribution in [2.75, 3.05) is 23.4 Å². The van der Waals surface area contributed by atoms with Crippen LogP contribution in [0.3, 0.4) is 0 Å². The molecule has 152 valence electrons. The number of rotatable bonds is 7. The molecule has 1 aliphatic rings. The molecule has 0 saturated carbocycles. The number of para-hydroxylation sites is 1. The standard InChI is InChI=1S/C22H25N3O4/c1-3-15-6-4-5-14(2)21(15)24-19(26)13-29-18-9-7-17(8-10-18)25-12-16(22(23)28)11-20(25)27/h4-10,16H,3,11-13H2,1-2H3,(H2,23,28)(H,24,26)/t16-/m0/s1. The average molecular weight is 395 g/mol. The maximum atomic E-state index is 12.3. The fourth-order valence-corrected chi connectivity index (χ4v) is 3.40. The molecule has 29 heavy (non-hydrogen) atoms. The Kier molecular flexibility index (Phi) is 6.16. The highest BCUT2D eigenvalue weighted by Crippen LogP contribution is 2.27. The summed E-state index contributed by atoms with van der Waals surface area (Å²) < 4.78 is 5.57. The first-order chi connectivity index (χ1) is 13.9. The van der Waals surface area contributed by atoms with Crippen LogP contribution in [0.2, 0.25) is 0 Å². The normalized spacial score (nSPS) is 16.0. The maximum absolute atomic E-state index is 12.3. The molecular weight excluding hydrogens is 370 g/mol. The molecule has 0 spiro atoms. The van der Waals surface area contributed by atoms with Crippen molar-refractivity contribution in [2.45, 2.75) is 26.7 Å². The summed E-state index contributed by atoms with van der Waals surface area (Å²) in [6.45, 7) is 4.16. The Morgan fingerprint density at radius 1 is 1.21 bits per heavy atom. The van der Waals surface area contributed by atoms with Crippen molar-refractivity contribution in [3.63, 3.8) is 0 Å². The van der Waals surface area contributed by atoms with E-state index in [0.717, 1.165) is 23.2 Å². The van der Waals surface area contributed by atoms with E-state index in [9.17, 15) is 14.4 Å². The van der Waals surface area contributed by atoms with E-state index >= 15 is 0 Å². The zero-order chi connectivity index (χ0) is 21.0. The van der Waals surface area contributed by atoms with Crippen molar-refractivity contribution in [2.24, 2.45) is 11.7 Å². The predicted octanol–water partition coefficient (Wildman–Crippen LogP) is 2.41. The number of carbonyl (C=O) groups is 3. The third-order valence-electron chi connectivity index (χ3n) is 5.05. The molecule has 3 N–H and O–H groups in total. The van der Waals surface area contributed by atoms with E-state index in [0.29, 0.717) is 11.4 Å². The number of carbonyl (C=O) groups excluding carboxylic acids is 3. The van der Waals surface area contributed by atoms with Crippen molar-refractivity contribution in [1.29, 1.82) is 0 Å². The van der Waals surface area contributed by atoms with E-state index in [4.69, 9.17) is 10.5 Å². The predicted molar refractivity (Wildman–Crippen MR) is 111 cm³/mol. The Balaban J connectivity index is 1.58. The third-order valence-corrected chi connectivity index (χ3v) is 5.05. The summed E-state index contributed by atoms with van der Waals surface area (Å²) in [4.78, 5) is 37.2. The molecule has 2 aromatic carbocycles. The zero-order valence-corrected chi connectivity index (χ0v) is 16.6. The number of nitrogens with zero attached hydrogens (tertiary/aromatic N) is 1. The third kappa shape index (κ3) is 4.74. The van der Waals surface area contributed by atoms with Crippen LogP contribution in [-0.4, -0.2) is 30.9 Å². The van der Waals surface area contributed by atoms with Crippen LogP contribution in [-0.2, 0) is 20.8 Å². The lowest BCUT2D eigenvalue weighted by atomic mass is 10.1. The first-order valence-electron chi connectivity index (χ1n) is 9.60. The Morgan fingerprint density at radius 3 is 2.55 bits per heavy atom. The van der Waals surface area contributed by atoms with Crippen molar-refractivity contribution >= 4 is 29.1 Å². The molecule has 7 heteroatoms. The summed E-state index contributed by atoms with van der Waals surface area (Å²) >= 11 is 0. The van der Waals surface area contributed by atoms with E-state index in [1.165, 1.54) is 4.90 Å². The molecular formula is C22H25N3O4. The molecule has 2 aromatic rings. The van der Waals surface area contributed by atoms with Gasteiger partial charge in [-0.1, -0.05) is 25.1 Å². The maximum Gasteiger partial charge on any atom is 0.262 e. The monoisotopic (exact) mass is 395 g/mol. The van der Waals surface area contributed by atoms with Gasteiger partial charge in [0.25, 0.3) is 5.91 Å². The van der Waals surface area contributed by atoms with Gasteiger partial charge in [0.15, 0.2) is 6.61 Å². The number of hydrogen-bond donors (Lipinski definition) is 2. The molecule has 7 nitrogen and oxygen atoms in total. The van der Waals surface area contributed by atoms with Gasteiger partial charge in [0.05, 0.1) is 5.92 Å². The van der Waals surface area contributed by atoms with Crippen LogP contribution in [0.5, 0.6) is 5.75 Å². The fraction of sp³-hybridized carbons (Fsp3) is 0.318. The molecule has 1 fully saturated rings. The fourth-order valence-electron chi connectivity index (χ4n) is 3.40. The lowest BCUT2D eigenvalue weighted by Crippen LogP contribution is -2.28. The van der Waals surface area contributed by atoms with E-state index in [1.807, 2.05) is 32.0 Å². The Hall–Kier alpha value is -3.35. The van der Waals surface area contributed by atoms with Crippen LogP contribution in [0.1, 0.15) is 24.5 Å². The second-order valence-corrected chi connectivity index (χ2v) is 7.10. The SMILES string of the molecule is CCc1cccc(C)c1NC(=O)COc1ccc(N2C[C@@H](C(N)=O)CC2=O)cc1. The molecule has 0 unspecified atom stereocenters. The molecule has 1 heterocycles. The van der Waals surface area contributed by atoms with Gasteiger partial charge in [0, 0.05) is 24.3 Å². The van der Waals surface area contributed by atoms with Crippen molar-refractivity contribution in [1.82, 2.24) is 0 Å². The number of benzene rings is 2. The lowest BCUT2D eigenvalue weighted by Gasteiger charge is -2.17. The van der Waals surface area contributed by atoms with Gasteiger partial charge in [0.1, 0.15) is 5.75 Å². The van der Waals surface area contributed by atoms with E-state index < -0.39 is 11.8 Å². The number of nitrogens with one attached hydrogen (secondary N) is 1. The summed E-state index contributed by atoms with van der Waals surface area (Å²) in [5.41, 5.74) is 8.88. The Labute approximate surface area is 169 Å². The minimum absolute atomic E-state index is 0.122.